The van der Waals surface area contributed by atoms with Crippen molar-refractivity contribution >= 4 is 54.2 Å². The van der Waals surface area contributed by atoms with E-state index in [-0.39, 0.29) is 15.8 Å². The lowest BCUT2D eigenvalue weighted by molar-refractivity contribution is 0.468. The number of benzene rings is 2. The van der Waals surface area contributed by atoms with Gasteiger partial charge in [0.25, 0.3) is 20.2 Å². The molecule has 0 aliphatic rings. The molecule has 6 nitrogen and oxygen atoms in total. The minimum atomic E-state index is -5.02. The maximum Gasteiger partial charge on any atom is 0.297 e. The number of halogens is 2. The minimum absolute atomic E-state index is 0.124. The van der Waals surface area contributed by atoms with Gasteiger partial charge >= 0.3 is 0 Å². The van der Waals surface area contributed by atoms with E-state index in [0.29, 0.717) is 0 Å². The van der Waals surface area contributed by atoms with E-state index in [1.807, 2.05) is 0 Å². The summed E-state index contributed by atoms with van der Waals surface area (Å²) in [4.78, 5) is -2.16. The Morgan fingerprint density at radius 1 is 0.750 bits per heavy atom. The molecule has 0 spiro atoms. The summed E-state index contributed by atoms with van der Waals surface area (Å²) >= 11 is 11.6. The molecule has 0 aliphatic heterocycles. The Balaban J connectivity index is 3.27. The van der Waals surface area contributed by atoms with E-state index >= 15 is 0 Å². The quantitative estimate of drug-likeness (QED) is 0.800. The molecule has 0 bridgehead atoms. The first kappa shape index (κ1) is 15.5. The first-order chi connectivity index (χ1) is 9.05. The van der Waals surface area contributed by atoms with Crippen LogP contribution in [0.4, 0.5) is 0 Å². The highest BCUT2D eigenvalue weighted by Crippen LogP contribution is 2.41. The highest BCUT2D eigenvalue weighted by Gasteiger charge is 2.31. The van der Waals surface area contributed by atoms with Gasteiger partial charge in [-0.15, -0.1) is 0 Å². The molecule has 0 radical (unpaired) electrons. The molecule has 0 aromatic heterocycles. The van der Waals surface area contributed by atoms with Crippen LogP contribution in [0.15, 0.2) is 34.1 Å². The van der Waals surface area contributed by atoms with Gasteiger partial charge in [-0.05, 0) is 0 Å². The smallest absolute Gasteiger partial charge is 0.282 e. The van der Waals surface area contributed by atoms with Crippen LogP contribution in [0, 0.1) is 0 Å². The van der Waals surface area contributed by atoms with Crippen LogP contribution in [-0.2, 0) is 20.2 Å². The van der Waals surface area contributed by atoms with Crippen molar-refractivity contribution in [3.8, 4) is 0 Å². The van der Waals surface area contributed by atoms with E-state index in [4.69, 9.17) is 27.8 Å². The Kier molecular flexibility index (Phi) is 3.74. The van der Waals surface area contributed by atoms with E-state index in [1.54, 1.807) is 0 Å². The van der Waals surface area contributed by atoms with Gasteiger partial charge in [0.1, 0.15) is 9.79 Å². The molecule has 20 heavy (non-hydrogen) atoms. The molecule has 2 rings (SSSR count). The highest BCUT2D eigenvalue weighted by molar-refractivity contribution is 7.89. The molecule has 0 saturated carbocycles. The summed E-state index contributed by atoms with van der Waals surface area (Å²) in [5.41, 5.74) is 0. The molecule has 0 heterocycles. The fourth-order valence-corrected chi connectivity index (χ4v) is 4.76. The molecule has 2 aromatic carbocycles. The van der Waals surface area contributed by atoms with Gasteiger partial charge in [-0.25, -0.2) is 0 Å². The predicted octanol–water partition coefficient (Wildman–Crippen LogP) is 2.64. The van der Waals surface area contributed by atoms with E-state index in [9.17, 15) is 21.4 Å². The number of rotatable bonds is 2. The van der Waals surface area contributed by atoms with E-state index in [0.717, 1.165) is 0 Å². The second-order valence-corrected chi connectivity index (χ2v) is 7.25. The van der Waals surface area contributed by atoms with Crippen LogP contribution in [0.5, 0.6) is 0 Å². The summed E-state index contributed by atoms with van der Waals surface area (Å²) in [6, 6.07) is 5.56. The second kappa shape index (κ2) is 4.83. The topological polar surface area (TPSA) is 109 Å². The Labute approximate surface area is 124 Å². The van der Waals surface area contributed by atoms with Crippen molar-refractivity contribution in [2.75, 3.05) is 0 Å². The summed E-state index contributed by atoms with van der Waals surface area (Å²) in [7, 11) is -9.98. The fraction of sp³-hybridized carbons (Fsp3) is 0. The predicted molar refractivity (Wildman–Crippen MR) is 73.6 cm³/mol. The molecule has 0 unspecified atom stereocenters. The van der Waals surface area contributed by atoms with Crippen LogP contribution in [0.3, 0.4) is 0 Å². The monoisotopic (exact) mass is 356 g/mol. The summed E-state index contributed by atoms with van der Waals surface area (Å²) in [6.07, 6.45) is 0. The molecule has 2 aromatic rings. The molecule has 0 fully saturated rings. The van der Waals surface area contributed by atoms with Crippen molar-refractivity contribution in [3.05, 3.63) is 34.3 Å². The SMILES string of the molecule is O=S(=O)(O)c1c(Cl)c(Cl)c2ccccc2c1S(=O)(=O)O. The molecule has 2 N–H and O–H groups in total. The van der Waals surface area contributed by atoms with Crippen molar-refractivity contribution in [2.45, 2.75) is 9.79 Å². The second-order valence-electron chi connectivity index (χ2n) is 3.78. The largest absolute Gasteiger partial charge is 0.297 e. The third kappa shape index (κ3) is 2.50. The van der Waals surface area contributed by atoms with Crippen molar-refractivity contribution in [1.82, 2.24) is 0 Å². The van der Waals surface area contributed by atoms with Crippen molar-refractivity contribution in [3.63, 3.8) is 0 Å². The number of hydrogen-bond donors (Lipinski definition) is 2. The van der Waals surface area contributed by atoms with Crippen molar-refractivity contribution < 1.29 is 25.9 Å². The maximum atomic E-state index is 11.5. The summed E-state index contributed by atoms with van der Waals surface area (Å²) in [5.74, 6) is 0. The van der Waals surface area contributed by atoms with E-state index in [2.05, 4.69) is 0 Å². The van der Waals surface area contributed by atoms with Gasteiger partial charge in [0.2, 0.25) is 0 Å². The first-order valence-electron chi connectivity index (χ1n) is 4.90. The summed E-state index contributed by atoms with van der Waals surface area (Å²) in [5, 5.41) is -0.973. The third-order valence-corrected chi connectivity index (χ3v) is 5.49. The third-order valence-electron chi connectivity index (χ3n) is 2.52. The average Bonchev–Trinajstić information content (AvgIpc) is 2.30. The number of fused-ring (bicyclic) bond motifs is 1. The molecular weight excluding hydrogens is 351 g/mol. The molecular formula is C10H6Cl2O6S2. The highest BCUT2D eigenvalue weighted by atomic mass is 35.5. The minimum Gasteiger partial charge on any atom is -0.282 e. The lowest BCUT2D eigenvalue weighted by atomic mass is 10.1. The van der Waals surface area contributed by atoms with Gasteiger partial charge in [0, 0.05) is 10.8 Å². The molecule has 0 amide bonds. The van der Waals surface area contributed by atoms with Crippen LogP contribution in [0.2, 0.25) is 10.0 Å². The van der Waals surface area contributed by atoms with Gasteiger partial charge in [0.05, 0.1) is 10.0 Å². The van der Waals surface area contributed by atoms with E-state index in [1.165, 1.54) is 24.3 Å². The average molecular weight is 357 g/mol. The first-order valence-corrected chi connectivity index (χ1v) is 8.53. The molecule has 0 saturated heterocycles. The number of hydrogen-bond acceptors (Lipinski definition) is 4. The molecule has 108 valence electrons. The zero-order valence-electron chi connectivity index (χ0n) is 9.41. The van der Waals surface area contributed by atoms with Crippen LogP contribution >= 0.6 is 23.2 Å². The van der Waals surface area contributed by atoms with Gasteiger partial charge in [-0.1, -0.05) is 47.5 Å². The Morgan fingerprint density at radius 2 is 1.20 bits per heavy atom. The summed E-state index contributed by atoms with van der Waals surface area (Å²) < 4.78 is 64.0. The maximum absolute atomic E-state index is 11.5. The van der Waals surface area contributed by atoms with Crippen LogP contribution < -0.4 is 0 Å². The Hall–Kier alpha value is -0.900. The molecule has 0 aliphatic carbocycles. The van der Waals surface area contributed by atoms with Crippen LogP contribution in [0.25, 0.3) is 10.8 Å². The molecule has 10 heteroatoms. The molecule has 0 atom stereocenters. The van der Waals surface area contributed by atoms with E-state index < -0.39 is 35.0 Å². The van der Waals surface area contributed by atoms with Crippen LogP contribution in [-0.4, -0.2) is 25.9 Å². The van der Waals surface area contributed by atoms with Gasteiger partial charge in [-0.3, -0.25) is 9.11 Å². The van der Waals surface area contributed by atoms with Gasteiger partial charge in [-0.2, -0.15) is 16.8 Å². The van der Waals surface area contributed by atoms with Crippen molar-refractivity contribution in [1.29, 1.82) is 0 Å². The van der Waals surface area contributed by atoms with Gasteiger partial charge < -0.3 is 0 Å². The van der Waals surface area contributed by atoms with Gasteiger partial charge in [0.15, 0.2) is 0 Å². The standard InChI is InChI=1S/C10H6Cl2O6S2/c11-7-5-3-1-2-4-6(5)9(19(13,14)15)10(8(7)12)20(16,17)18/h1-4H,(H,13,14,15)(H,16,17,18). The Bertz CT molecular complexity index is 918. The normalized spacial score (nSPS) is 12.8. The lowest BCUT2D eigenvalue weighted by Crippen LogP contribution is -2.10. The summed E-state index contributed by atoms with van der Waals surface area (Å²) in [6.45, 7) is 0. The lowest BCUT2D eigenvalue weighted by Gasteiger charge is -2.12. The van der Waals surface area contributed by atoms with Crippen LogP contribution in [0.1, 0.15) is 0 Å². The van der Waals surface area contributed by atoms with Crippen molar-refractivity contribution in [2.24, 2.45) is 0 Å². The fourth-order valence-electron chi connectivity index (χ4n) is 1.80. The zero-order valence-corrected chi connectivity index (χ0v) is 12.6. The zero-order chi connectivity index (χ0) is 15.3. The Morgan fingerprint density at radius 3 is 1.65 bits per heavy atom.